The van der Waals surface area contributed by atoms with Gasteiger partial charge in [0.2, 0.25) is 0 Å². The van der Waals surface area contributed by atoms with Crippen molar-refractivity contribution in [1.82, 2.24) is 9.88 Å². The Kier molecular flexibility index (Phi) is 6.45. The van der Waals surface area contributed by atoms with E-state index >= 15 is 0 Å². The van der Waals surface area contributed by atoms with Gasteiger partial charge in [-0.25, -0.2) is 4.79 Å². The number of aliphatic carboxylic acids is 1. The first-order valence-electron chi connectivity index (χ1n) is 9.05. The van der Waals surface area contributed by atoms with Crippen LogP contribution in [-0.4, -0.2) is 45.7 Å². The fraction of sp³-hybridized carbons (Fsp3) is 0.632. The van der Waals surface area contributed by atoms with Gasteiger partial charge in [-0.1, -0.05) is 0 Å². The Hall–Kier alpha value is -2.31. The zero-order valence-corrected chi connectivity index (χ0v) is 15.7. The largest absolute Gasteiger partial charge is 0.481 e. The molecule has 1 aliphatic heterocycles. The van der Waals surface area contributed by atoms with Crippen LogP contribution in [0.3, 0.4) is 0 Å². The van der Waals surface area contributed by atoms with Gasteiger partial charge in [0.15, 0.2) is 0 Å². The molecule has 0 aromatic carbocycles. The van der Waals surface area contributed by atoms with Crippen LogP contribution in [0, 0.1) is 5.92 Å². The highest BCUT2D eigenvalue weighted by Gasteiger charge is 2.27. The number of carboxylic acid groups (broad SMARTS) is 1. The van der Waals surface area contributed by atoms with Crippen molar-refractivity contribution in [3.05, 3.63) is 33.7 Å². The summed E-state index contributed by atoms with van der Waals surface area (Å²) >= 11 is 0. The Balaban J connectivity index is 1.88. The molecular weight excluding hydrogens is 336 g/mol. The van der Waals surface area contributed by atoms with E-state index in [0.29, 0.717) is 36.6 Å². The Labute approximate surface area is 153 Å². The van der Waals surface area contributed by atoms with Crippen molar-refractivity contribution in [2.24, 2.45) is 5.92 Å². The molecule has 0 aliphatic carbocycles. The number of rotatable bonds is 5. The minimum absolute atomic E-state index is 0.143. The van der Waals surface area contributed by atoms with Gasteiger partial charge in [-0.15, -0.1) is 0 Å². The molecule has 7 nitrogen and oxygen atoms in total. The molecule has 0 saturated carbocycles. The van der Waals surface area contributed by atoms with Gasteiger partial charge < -0.3 is 19.7 Å². The summed E-state index contributed by atoms with van der Waals surface area (Å²) in [4.78, 5) is 39.5. The zero-order chi connectivity index (χ0) is 19.3. The average Bonchev–Trinajstić information content (AvgIpc) is 2.52. The van der Waals surface area contributed by atoms with Gasteiger partial charge in [0.1, 0.15) is 5.60 Å². The molecular formula is C19H28N2O5. The van der Waals surface area contributed by atoms with Gasteiger partial charge in [0.25, 0.3) is 5.56 Å². The lowest BCUT2D eigenvalue weighted by Gasteiger charge is -2.33. The maximum Gasteiger partial charge on any atom is 0.410 e. The second-order valence-corrected chi connectivity index (χ2v) is 7.83. The van der Waals surface area contributed by atoms with Gasteiger partial charge in [-0.05, 0) is 64.0 Å². The number of carbonyl (C=O) groups excluding carboxylic acids is 1. The molecule has 7 heteroatoms. The number of nitrogens with one attached hydrogen (secondary N) is 1. The van der Waals surface area contributed by atoms with E-state index in [0.717, 1.165) is 19.3 Å². The molecule has 0 radical (unpaired) electrons. The van der Waals surface area contributed by atoms with E-state index in [1.54, 1.807) is 11.0 Å². The fourth-order valence-electron chi connectivity index (χ4n) is 3.23. The molecule has 1 aromatic heterocycles. The van der Waals surface area contributed by atoms with Gasteiger partial charge in [0, 0.05) is 24.8 Å². The number of piperidine rings is 1. The Morgan fingerprint density at radius 2 is 1.96 bits per heavy atom. The number of hydrogen-bond donors (Lipinski definition) is 2. The summed E-state index contributed by atoms with van der Waals surface area (Å²) in [6, 6.07) is 1.66. The lowest BCUT2D eigenvalue weighted by molar-refractivity contribution is -0.136. The third-order valence-electron chi connectivity index (χ3n) is 4.57. The summed E-state index contributed by atoms with van der Waals surface area (Å²) in [7, 11) is 0. The molecule has 0 atom stereocenters. The van der Waals surface area contributed by atoms with E-state index in [-0.39, 0.29) is 18.1 Å². The van der Waals surface area contributed by atoms with Crippen LogP contribution in [0.1, 0.15) is 51.2 Å². The molecule has 0 spiro atoms. The van der Waals surface area contributed by atoms with E-state index in [1.807, 2.05) is 20.8 Å². The Bertz CT molecular complexity index is 697. The van der Waals surface area contributed by atoms with Gasteiger partial charge >= 0.3 is 12.1 Å². The second kappa shape index (κ2) is 8.38. The molecule has 26 heavy (non-hydrogen) atoms. The Morgan fingerprint density at radius 1 is 1.31 bits per heavy atom. The normalized spacial score (nSPS) is 15.7. The van der Waals surface area contributed by atoms with Crippen LogP contribution in [0.5, 0.6) is 0 Å². The van der Waals surface area contributed by atoms with E-state index < -0.39 is 11.6 Å². The monoisotopic (exact) mass is 364 g/mol. The topological polar surface area (TPSA) is 99.7 Å². The van der Waals surface area contributed by atoms with E-state index in [1.165, 1.54) is 6.20 Å². The quantitative estimate of drug-likeness (QED) is 0.836. The molecule has 1 amide bonds. The molecule has 2 rings (SSSR count). The third-order valence-corrected chi connectivity index (χ3v) is 4.57. The van der Waals surface area contributed by atoms with Crippen LogP contribution >= 0.6 is 0 Å². The number of carbonyl (C=O) groups is 2. The summed E-state index contributed by atoms with van der Waals surface area (Å²) in [6.07, 6.45) is 4.15. The van der Waals surface area contributed by atoms with Crippen molar-refractivity contribution in [2.45, 2.75) is 58.5 Å². The maximum absolute atomic E-state index is 12.1. The fourth-order valence-corrected chi connectivity index (χ4v) is 3.23. The molecule has 0 bridgehead atoms. The third kappa shape index (κ3) is 5.89. The predicted octanol–water partition coefficient (Wildman–Crippen LogP) is 2.58. The summed E-state index contributed by atoms with van der Waals surface area (Å²) < 4.78 is 5.40. The predicted molar refractivity (Wildman–Crippen MR) is 97.3 cm³/mol. The standard InChI is InChI=1S/C19H28N2O5/c1-19(2,3)26-18(25)21-10-7-13(8-11-21)4-5-15-14(12-16(22)23)6-9-20-17(15)24/h6,9,13H,4-5,7-8,10-12H2,1-3H3,(H,20,24)(H,22,23). The number of ether oxygens (including phenoxy) is 1. The Morgan fingerprint density at radius 3 is 2.54 bits per heavy atom. The van der Waals surface area contributed by atoms with E-state index in [4.69, 9.17) is 9.84 Å². The van der Waals surface area contributed by atoms with Crippen LogP contribution in [-0.2, 0) is 22.4 Å². The first-order chi connectivity index (χ1) is 12.2. The molecule has 2 N–H and O–H groups in total. The highest BCUT2D eigenvalue weighted by atomic mass is 16.6. The van der Waals surface area contributed by atoms with Crippen molar-refractivity contribution in [1.29, 1.82) is 0 Å². The summed E-state index contributed by atoms with van der Waals surface area (Å²) in [5, 5.41) is 9.00. The molecule has 144 valence electrons. The number of nitrogens with zero attached hydrogens (tertiary/aromatic N) is 1. The van der Waals surface area contributed by atoms with Crippen LogP contribution in [0.25, 0.3) is 0 Å². The molecule has 1 saturated heterocycles. The number of aromatic amines is 1. The summed E-state index contributed by atoms with van der Waals surface area (Å²) in [6.45, 7) is 6.84. The minimum atomic E-state index is -0.942. The summed E-state index contributed by atoms with van der Waals surface area (Å²) in [5.41, 5.74) is 0.426. The van der Waals surface area contributed by atoms with E-state index in [2.05, 4.69) is 4.98 Å². The van der Waals surface area contributed by atoms with Crippen molar-refractivity contribution < 1.29 is 19.4 Å². The van der Waals surface area contributed by atoms with Crippen molar-refractivity contribution in [3.63, 3.8) is 0 Å². The SMILES string of the molecule is CC(C)(C)OC(=O)N1CCC(CCc2c(CC(=O)O)cc[nH]c2=O)CC1. The molecule has 0 unspecified atom stereocenters. The zero-order valence-electron chi connectivity index (χ0n) is 15.7. The molecule has 1 fully saturated rings. The number of H-pyrrole nitrogens is 1. The second-order valence-electron chi connectivity index (χ2n) is 7.83. The van der Waals surface area contributed by atoms with Crippen LogP contribution in [0.15, 0.2) is 17.1 Å². The number of aromatic nitrogens is 1. The maximum atomic E-state index is 12.1. The average molecular weight is 364 g/mol. The molecule has 2 heterocycles. The number of likely N-dealkylation sites (tertiary alicyclic amines) is 1. The first-order valence-corrected chi connectivity index (χ1v) is 9.05. The highest BCUT2D eigenvalue weighted by Crippen LogP contribution is 2.24. The molecule has 1 aliphatic rings. The van der Waals surface area contributed by atoms with Crippen LogP contribution in [0.4, 0.5) is 4.79 Å². The van der Waals surface area contributed by atoms with Crippen LogP contribution in [0.2, 0.25) is 0 Å². The van der Waals surface area contributed by atoms with Gasteiger partial charge in [-0.2, -0.15) is 0 Å². The lowest BCUT2D eigenvalue weighted by Crippen LogP contribution is -2.41. The number of pyridine rings is 1. The first kappa shape index (κ1) is 20.0. The van der Waals surface area contributed by atoms with Crippen molar-refractivity contribution in [2.75, 3.05) is 13.1 Å². The number of hydrogen-bond acceptors (Lipinski definition) is 4. The molecule has 1 aromatic rings. The van der Waals surface area contributed by atoms with Crippen molar-refractivity contribution >= 4 is 12.1 Å². The van der Waals surface area contributed by atoms with E-state index in [9.17, 15) is 14.4 Å². The van der Waals surface area contributed by atoms with Gasteiger partial charge in [-0.3, -0.25) is 9.59 Å². The summed E-state index contributed by atoms with van der Waals surface area (Å²) in [5.74, 6) is -0.534. The van der Waals surface area contributed by atoms with Gasteiger partial charge in [0.05, 0.1) is 6.42 Å². The smallest absolute Gasteiger partial charge is 0.410 e. The minimum Gasteiger partial charge on any atom is -0.481 e. The van der Waals surface area contributed by atoms with Crippen molar-refractivity contribution in [3.8, 4) is 0 Å². The number of carboxylic acids is 1. The number of amides is 1. The van der Waals surface area contributed by atoms with Crippen LogP contribution < -0.4 is 5.56 Å². The highest BCUT2D eigenvalue weighted by molar-refractivity contribution is 5.70. The lowest BCUT2D eigenvalue weighted by atomic mass is 9.89.